The standard InChI is InChI=1S/C25H19F3N2O4/c1-3-33-24(32)17-9-7-16(8-10-17)22-12-11-20(34-22)14-21-15(2)29-30(23(21)31)19-6-4-5-18(13-19)25(26,27)28/h4-14H,3H2,1-2H3. The number of carbonyl (C=O) groups is 2. The van der Waals surface area contributed by atoms with E-state index < -0.39 is 23.6 Å². The summed E-state index contributed by atoms with van der Waals surface area (Å²) in [6, 6.07) is 14.5. The van der Waals surface area contributed by atoms with Crippen molar-refractivity contribution in [1.82, 2.24) is 0 Å². The van der Waals surface area contributed by atoms with Gasteiger partial charge in [-0.3, -0.25) is 4.79 Å². The van der Waals surface area contributed by atoms with Crippen LogP contribution in [0.3, 0.4) is 0 Å². The quantitative estimate of drug-likeness (QED) is 0.343. The van der Waals surface area contributed by atoms with E-state index in [0.29, 0.717) is 28.4 Å². The molecule has 2 aromatic carbocycles. The molecular weight excluding hydrogens is 449 g/mol. The minimum atomic E-state index is -4.53. The first-order valence-corrected chi connectivity index (χ1v) is 10.3. The zero-order valence-corrected chi connectivity index (χ0v) is 18.2. The van der Waals surface area contributed by atoms with E-state index in [0.717, 1.165) is 17.1 Å². The van der Waals surface area contributed by atoms with Gasteiger partial charge in [-0.2, -0.15) is 23.3 Å². The number of hydrazone groups is 1. The van der Waals surface area contributed by atoms with Gasteiger partial charge in [-0.05, 0) is 62.4 Å². The third-order valence-corrected chi connectivity index (χ3v) is 5.07. The molecule has 0 spiro atoms. The van der Waals surface area contributed by atoms with Gasteiger partial charge in [0.1, 0.15) is 11.5 Å². The molecule has 0 saturated carbocycles. The molecule has 0 atom stereocenters. The van der Waals surface area contributed by atoms with Crippen LogP contribution in [0.1, 0.15) is 35.5 Å². The smallest absolute Gasteiger partial charge is 0.416 e. The summed E-state index contributed by atoms with van der Waals surface area (Å²) in [5.74, 6) is -0.0994. The molecule has 1 amide bonds. The average molecular weight is 468 g/mol. The van der Waals surface area contributed by atoms with Crippen molar-refractivity contribution in [1.29, 1.82) is 0 Å². The number of esters is 1. The predicted octanol–water partition coefficient (Wildman–Crippen LogP) is 5.95. The van der Waals surface area contributed by atoms with Gasteiger partial charge in [0.25, 0.3) is 5.91 Å². The van der Waals surface area contributed by atoms with Crippen LogP contribution in [0, 0.1) is 0 Å². The molecule has 0 radical (unpaired) electrons. The van der Waals surface area contributed by atoms with Crippen LogP contribution in [-0.4, -0.2) is 24.2 Å². The molecule has 1 aliphatic heterocycles. The topological polar surface area (TPSA) is 72.1 Å². The first-order chi connectivity index (χ1) is 16.2. The molecule has 34 heavy (non-hydrogen) atoms. The monoisotopic (exact) mass is 468 g/mol. The third kappa shape index (κ3) is 4.63. The molecule has 1 aliphatic rings. The highest BCUT2D eigenvalue weighted by atomic mass is 19.4. The van der Waals surface area contributed by atoms with Crippen molar-refractivity contribution in [2.45, 2.75) is 20.0 Å². The Morgan fingerprint density at radius 2 is 1.85 bits per heavy atom. The number of anilines is 1. The van der Waals surface area contributed by atoms with Gasteiger partial charge < -0.3 is 9.15 Å². The molecule has 174 valence electrons. The maximum absolute atomic E-state index is 13.0. The van der Waals surface area contributed by atoms with E-state index in [-0.39, 0.29) is 17.9 Å². The van der Waals surface area contributed by atoms with Gasteiger partial charge in [-0.25, -0.2) is 4.79 Å². The van der Waals surface area contributed by atoms with Crippen molar-refractivity contribution < 1.29 is 31.9 Å². The van der Waals surface area contributed by atoms with E-state index in [1.165, 1.54) is 18.2 Å². The Morgan fingerprint density at radius 1 is 1.12 bits per heavy atom. The summed E-state index contributed by atoms with van der Waals surface area (Å²) >= 11 is 0. The van der Waals surface area contributed by atoms with Gasteiger partial charge in [0.2, 0.25) is 0 Å². The average Bonchev–Trinajstić information content (AvgIpc) is 3.39. The van der Waals surface area contributed by atoms with Crippen LogP contribution in [0.4, 0.5) is 18.9 Å². The summed E-state index contributed by atoms with van der Waals surface area (Å²) in [6.45, 7) is 3.60. The van der Waals surface area contributed by atoms with E-state index in [9.17, 15) is 22.8 Å². The molecule has 0 N–H and O–H groups in total. The summed E-state index contributed by atoms with van der Waals surface area (Å²) in [4.78, 5) is 24.7. The Morgan fingerprint density at radius 3 is 2.53 bits per heavy atom. The van der Waals surface area contributed by atoms with Crippen LogP contribution in [0.25, 0.3) is 17.4 Å². The zero-order chi connectivity index (χ0) is 24.5. The number of carbonyl (C=O) groups excluding carboxylic acids is 2. The van der Waals surface area contributed by atoms with Crippen molar-refractivity contribution in [2.75, 3.05) is 11.6 Å². The lowest BCUT2D eigenvalue weighted by Gasteiger charge is -2.14. The lowest BCUT2D eigenvalue weighted by molar-refractivity contribution is -0.137. The highest BCUT2D eigenvalue weighted by Crippen LogP contribution is 2.33. The number of rotatable bonds is 5. The van der Waals surface area contributed by atoms with E-state index in [1.807, 2.05) is 0 Å². The predicted molar refractivity (Wildman–Crippen MR) is 120 cm³/mol. The summed E-state index contributed by atoms with van der Waals surface area (Å²) < 4.78 is 49.9. The van der Waals surface area contributed by atoms with Crippen LogP contribution in [-0.2, 0) is 15.7 Å². The number of hydrogen-bond acceptors (Lipinski definition) is 5. The SMILES string of the molecule is CCOC(=O)c1ccc(-c2ccc(C=C3C(=O)N(c4cccc(C(F)(F)F)c4)N=C3C)o2)cc1. The zero-order valence-electron chi connectivity index (χ0n) is 18.2. The van der Waals surface area contributed by atoms with Crippen LogP contribution in [0.5, 0.6) is 0 Å². The van der Waals surface area contributed by atoms with E-state index in [2.05, 4.69) is 5.10 Å². The van der Waals surface area contributed by atoms with E-state index >= 15 is 0 Å². The minimum Gasteiger partial charge on any atom is -0.462 e. The van der Waals surface area contributed by atoms with Gasteiger partial charge in [0.05, 0.1) is 34.7 Å². The lowest BCUT2D eigenvalue weighted by Crippen LogP contribution is -2.21. The Hall–Kier alpha value is -4.14. The van der Waals surface area contributed by atoms with Crippen LogP contribution >= 0.6 is 0 Å². The second-order valence-corrected chi connectivity index (χ2v) is 7.41. The number of hydrogen-bond donors (Lipinski definition) is 0. The van der Waals surface area contributed by atoms with E-state index in [1.54, 1.807) is 50.2 Å². The second kappa shape index (κ2) is 9.01. The fraction of sp³-hybridized carbons (Fsp3) is 0.160. The Labute approximate surface area is 192 Å². The highest BCUT2D eigenvalue weighted by molar-refractivity contribution is 6.32. The fourth-order valence-corrected chi connectivity index (χ4v) is 3.39. The Balaban J connectivity index is 1.55. The molecular formula is C25H19F3N2O4. The van der Waals surface area contributed by atoms with Crippen LogP contribution < -0.4 is 5.01 Å². The minimum absolute atomic E-state index is 0.0180. The maximum atomic E-state index is 13.0. The van der Waals surface area contributed by atoms with E-state index in [4.69, 9.17) is 9.15 Å². The lowest BCUT2D eigenvalue weighted by atomic mass is 10.1. The normalized spacial score (nSPS) is 15.1. The molecule has 3 aromatic rings. The van der Waals surface area contributed by atoms with Gasteiger partial charge in [0, 0.05) is 5.56 Å². The van der Waals surface area contributed by atoms with Crippen molar-refractivity contribution in [3.63, 3.8) is 0 Å². The third-order valence-electron chi connectivity index (χ3n) is 5.07. The van der Waals surface area contributed by atoms with Crippen LogP contribution in [0.15, 0.2) is 75.8 Å². The molecule has 0 fully saturated rings. The number of alkyl halides is 3. The van der Waals surface area contributed by atoms with Gasteiger partial charge in [-0.1, -0.05) is 18.2 Å². The number of ether oxygens (including phenoxy) is 1. The second-order valence-electron chi connectivity index (χ2n) is 7.41. The highest BCUT2D eigenvalue weighted by Gasteiger charge is 2.33. The maximum Gasteiger partial charge on any atom is 0.416 e. The largest absolute Gasteiger partial charge is 0.462 e. The number of halogens is 3. The fourth-order valence-electron chi connectivity index (χ4n) is 3.39. The summed E-state index contributed by atoms with van der Waals surface area (Å²) in [5.41, 5.74) is 0.830. The number of furan rings is 1. The molecule has 1 aromatic heterocycles. The molecule has 0 aliphatic carbocycles. The first kappa shape index (κ1) is 23.0. The molecule has 9 heteroatoms. The van der Waals surface area contributed by atoms with Gasteiger partial charge in [0.15, 0.2) is 0 Å². The molecule has 4 rings (SSSR count). The number of amides is 1. The molecule has 0 bridgehead atoms. The Kier molecular flexibility index (Phi) is 6.10. The van der Waals surface area contributed by atoms with Crippen molar-refractivity contribution >= 4 is 29.4 Å². The van der Waals surface area contributed by atoms with Gasteiger partial charge >= 0.3 is 12.1 Å². The van der Waals surface area contributed by atoms with Crippen LogP contribution in [0.2, 0.25) is 0 Å². The summed E-state index contributed by atoms with van der Waals surface area (Å²) in [6.07, 6.45) is -3.04. The summed E-state index contributed by atoms with van der Waals surface area (Å²) in [5, 5.41) is 5.06. The van der Waals surface area contributed by atoms with Crippen molar-refractivity contribution in [3.05, 3.63) is 83.1 Å². The molecule has 0 saturated heterocycles. The Bertz CT molecular complexity index is 1300. The molecule has 0 unspecified atom stereocenters. The molecule has 6 nitrogen and oxygen atoms in total. The number of nitrogens with zero attached hydrogens (tertiary/aromatic N) is 2. The van der Waals surface area contributed by atoms with Crippen molar-refractivity contribution in [3.8, 4) is 11.3 Å². The number of benzene rings is 2. The first-order valence-electron chi connectivity index (χ1n) is 10.3. The molecule has 2 heterocycles. The van der Waals surface area contributed by atoms with Crippen molar-refractivity contribution in [2.24, 2.45) is 5.10 Å². The van der Waals surface area contributed by atoms with Gasteiger partial charge in [-0.15, -0.1) is 0 Å². The summed E-state index contributed by atoms with van der Waals surface area (Å²) in [7, 11) is 0.